The molecule has 0 saturated carbocycles. The summed E-state index contributed by atoms with van der Waals surface area (Å²) in [5.41, 5.74) is 13.9. The van der Waals surface area contributed by atoms with E-state index in [-0.39, 0.29) is 11.9 Å². The van der Waals surface area contributed by atoms with Crippen LogP contribution < -0.4 is 15.8 Å². The minimum absolute atomic E-state index is 0.254. The number of benzene rings is 3. The predicted molar refractivity (Wildman–Crippen MR) is 165 cm³/mol. The Hall–Kier alpha value is -4.10. The number of hydrogen-bond acceptors (Lipinski definition) is 7. The molecule has 1 unspecified atom stereocenters. The van der Waals surface area contributed by atoms with E-state index in [1.165, 1.54) is 23.8 Å². The van der Waals surface area contributed by atoms with Gasteiger partial charge in [-0.1, -0.05) is 36.4 Å². The van der Waals surface area contributed by atoms with Crippen LogP contribution in [0.2, 0.25) is 0 Å². The first-order valence-corrected chi connectivity index (χ1v) is 14.1. The molecule has 2 heterocycles. The number of rotatable bonds is 7. The number of nitrogens with zero attached hydrogens (tertiary/aromatic N) is 2. The van der Waals surface area contributed by atoms with Gasteiger partial charge in [-0.25, -0.2) is 0 Å². The quantitative estimate of drug-likeness (QED) is 0.208. The number of carbonyl (C=O) groups is 1. The van der Waals surface area contributed by atoms with Crippen LogP contribution in [0.25, 0.3) is 10.8 Å². The van der Waals surface area contributed by atoms with E-state index >= 15 is 0 Å². The highest BCUT2D eigenvalue weighted by Crippen LogP contribution is 2.45. The summed E-state index contributed by atoms with van der Waals surface area (Å²) in [6.45, 7) is 11.0. The molecule has 0 spiro atoms. The van der Waals surface area contributed by atoms with Crippen molar-refractivity contribution >= 4 is 28.1 Å². The first-order chi connectivity index (χ1) is 19.6. The van der Waals surface area contributed by atoms with Crippen LogP contribution in [0.3, 0.4) is 0 Å². The normalized spacial score (nSPS) is 14.6. The Morgan fingerprint density at radius 1 is 1.17 bits per heavy atom. The molecule has 3 N–H and O–H groups in total. The van der Waals surface area contributed by atoms with Crippen molar-refractivity contribution in [2.75, 3.05) is 38.4 Å². The minimum atomic E-state index is -0.828. The van der Waals surface area contributed by atoms with E-state index in [4.69, 9.17) is 15.2 Å². The van der Waals surface area contributed by atoms with Crippen LogP contribution in [0, 0.1) is 19.3 Å². The molecular weight excluding hydrogens is 512 g/mol. The molecule has 1 atom stereocenters. The fraction of sp³-hybridized carbons (Fsp3) is 0.353. The average molecular weight is 553 g/mol. The van der Waals surface area contributed by atoms with Crippen LogP contribution in [0.15, 0.2) is 60.9 Å². The van der Waals surface area contributed by atoms with Crippen molar-refractivity contribution in [3.05, 3.63) is 94.3 Å². The third-order valence-corrected chi connectivity index (χ3v) is 8.57. The standard InChI is InChI=1S/C34H40N4O3/c1-21-7-8-23(30(34(3,4)33(39)40-6)27-11-12-29(36-5)31(35)22(27)2)17-26(21)20-38-15-16-41-32-25(19-38)10-9-24-18-37-14-13-28(24)32/h7-14,17-18,30,36H,15-16,19-20,35H2,1-6H3. The molecule has 0 aliphatic carbocycles. The van der Waals surface area contributed by atoms with Gasteiger partial charge >= 0.3 is 5.97 Å². The van der Waals surface area contributed by atoms with Gasteiger partial charge in [0.15, 0.2) is 0 Å². The smallest absolute Gasteiger partial charge is 0.312 e. The van der Waals surface area contributed by atoms with E-state index in [1.54, 1.807) is 0 Å². The number of hydrogen-bond donors (Lipinski definition) is 2. The fourth-order valence-corrected chi connectivity index (χ4v) is 6.14. The summed E-state index contributed by atoms with van der Waals surface area (Å²) in [4.78, 5) is 19.9. The van der Waals surface area contributed by atoms with E-state index in [9.17, 15) is 4.79 Å². The molecule has 4 aromatic rings. The van der Waals surface area contributed by atoms with Crippen molar-refractivity contribution in [3.8, 4) is 5.75 Å². The third-order valence-electron chi connectivity index (χ3n) is 8.57. The van der Waals surface area contributed by atoms with Crippen molar-refractivity contribution in [1.29, 1.82) is 0 Å². The van der Waals surface area contributed by atoms with Crippen LogP contribution in [0.1, 0.15) is 53.1 Å². The van der Waals surface area contributed by atoms with Gasteiger partial charge in [-0.3, -0.25) is 14.7 Å². The number of nitrogens with two attached hydrogens (primary N) is 1. The Morgan fingerprint density at radius 3 is 2.73 bits per heavy atom. The molecule has 1 aromatic heterocycles. The summed E-state index contributed by atoms with van der Waals surface area (Å²) < 4.78 is 11.6. The largest absolute Gasteiger partial charge is 0.491 e. The van der Waals surface area contributed by atoms with Gasteiger partial charge in [-0.15, -0.1) is 0 Å². The van der Waals surface area contributed by atoms with Crippen LogP contribution in [-0.2, 0) is 22.6 Å². The highest BCUT2D eigenvalue weighted by molar-refractivity contribution is 5.89. The summed E-state index contributed by atoms with van der Waals surface area (Å²) in [7, 11) is 3.31. The second-order valence-electron chi connectivity index (χ2n) is 11.5. The van der Waals surface area contributed by atoms with E-state index in [1.807, 2.05) is 52.3 Å². The number of nitrogen functional groups attached to an aromatic ring is 1. The second kappa shape index (κ2) is 11.4. The molecule has 7 heteroatoms. The van der Waals surface area contributed by atoms with Crippen LogP contribution in [0.4, 0.5) is 11.4 Å². The second-order valence-corrected chi connectivity index (χ2v) is 11.5. The van der Waals surface area contributed by atoms with Crippen molar-refractivity contribution < 1.29 is 14.3 Å². The van der Waals surface area contributed by atoms with Crippen molar-refractivity contribution in [2.45, 2.75) is 46.7 Å². The number of methoxy groups -OCH3 is 1. The van der Waals surface area contributed by atoms with Crippen LogP contribution >= 0.6 is 0 Å². The Morgan fingerprint density at radius 2 is 1.98 bits per heavy atom. The van der Waals surface area contributed by atoms with Crippen molar-refractivity contribution in [1.82, 2.24) is 9.88 Å². The number of esters is 1. The van der Waals surface area contributed by atoms with Gasteiger partial charge in [0.25, 0.3) is 0 Å². The van der Waals surface area contributed by atoms with Crippen molar-refractivity contribution in [3.63, 3.8) is 0 Å². The monoisotopic (exact) mass is 552 g/mol. The van der Waals surface area contributed by atoms with Gasteiger partial charge in [0, 0.05) is 61.3 Å². The van der Waals surface area contributed by atoms with Crippen LogP contribution in [0.5, 0.6) is 5.75 Å². The highest BCUT2D eigenvalue weighted by Gasteiger charge is 2.41. The SMILES string of the molecule is CNc1ccc(C(c2ccc(C)c(CN3CCOc4c(ccc5cnccc45)C3)c2)C(C)(C)C(=O)OC)c(C)c1N. The first kappa shape index (κ1) is 28.4. The molecule has 0 amide bonds. The summed E-state index contributed by atoms with van der Waals surface area (Å²) >= 11 is 0. The van der Waals surface area contributed by atoms with Gasteiger partial charge < -0.3 is 20.5 Å². The molecule has 41 heavy (non-hydrogen) atoms. The lowest BCUT2D eigenvalue weighted by Gasteiger charge is -2.34. The number of carbonyl (C=O) groups excluding carboxylic acids is 1. The van der Waals surface area contributed by atoms with E-state index in [0.29, 0.717) is 12.3 Å². The predicted octanol–water partition coefficient (Wildman–Crippen LogP) is 6.20. The lowest BCUT2D eigenvalue weighted by Crippen LogP contribution is -2.34. The third kappa shape index (κ3) is 5.34. The Kier molecular flexibility index (Phi) is 7.91. The van der Waals surface area contributed by atoms with E-state index < -0.39 is 5.41 Å². The van der Waals surface area contributed by atoms with Crippen LogP contribution in [-0.4, -0.2) is 43.2 Å². The zero-order chi connectivity index (χ0) is 29.3. The lowest BCUT2D eigenvalue weighted by atomic mass is 9.69. The molecule has 0 saturated heterocycles. The van der Waals surface area contributed by atoms with Gasteiger partial charge in [-0.05, 0) is 67.6 Å². The number of aromatic nitrogens is 1. The number of nitrogens with one attached hydrogen (secondary N) is 1. The maximum atomic E-state index is 13.2. The van der Waals surface area contributed by atoms with E-state index in [0.717, 1.165) is 58.5 Å². The summed E-state index contributed by atoms with van der Waals surface area (Å²) in [6, 6.07) is 16.9. The molecular formula is C34H40N4O3. The summed E-state index contributed by atoms with van der Waals surface area (Å²) in [6.07, 6.45) is 3.70. The molecule has 3 aromatic carbocycles. The zero-order valence-corrected chi connectivity index (χ0v) is 24.9. The molecule has 0 fully saturated rings. The number of fused-ring (bicyclic) bond motifs is 3. The lowest BCUT2D eigenvalue weighted by molar-refractivity contribution is -0.151. The Labute approximate surface area is 242 Å². The van der Waals surface area contributed by atoms with Gasteiger partial charge in [0.2, 0.25) is 0 Å². The molecule has 1 aliphatic heterocycles. The number of pyridine rings is 1. The molecule has 5 rings (SSSR count). The Bertz CT molecular complexity index is 1600. The molecule has 214 valence electrons. The Balaban J connectivity index is 1.52. The fourth-order valence-electron chi connectivity index (χ4n) is 6.14. The average Bonchev–Trinajstić information content (AvgIpc) is 3.18. The number of aryl methyl sites for hydroxylation is 1. The van der Waals surface area contributed by atoms with Gasteiger partial charge in [0.1, 0.15) is 12.4 Å². The van der Waals surface area contributed by atoms with Crippen molar-refractivity contribution in [2.24, 2.45) is 5.41 Å². The van der Waals surface area contributed by atoms with Gasteiger partial charge in [0.05, 0.1) is 23.9 Å². The number of ether oxygens (including phenoxy) is 2. The maximum Gasteiger partial charge on any atom is 0.312 e. The van der Waals surface area contributed by atoms with E-state index in [2.05, 4.69) is 58.5 Å². The molecule has 7 nitrogen and oxygen atoms in total. The molecule has 1 aliphatic rings. The molecule has 0 bridgehead atoms. The first-order valence-electron chi connectivity index (χ1n) is 14.1. The molecule has 0 radical (unpaired) electrons. The number of anilines is 2. The topological polar surface area (TPSA) is 89.7 Å². The summed E-state index contributed by atoms with van der Waals surface area (Å²) in [5, 5.41) is 5.35. The summed E-state index contributed by atoms with van der Waals surface area (Å²) in [5.74, 6) is 0.440. The zero-order valence-electron chi connectivity index (χ0n) is 24.9. The highest BCUT2D eigenvalue weighted by atomic mass is 16.5. The minimum Gasteiger partial charge on any atom is -0.491 e. The maximum absolute atomic E-state index is 13.2. The van der Waals surface area contributed by atoms with Gasteiger partial charge in [-0.2, -0.15) is 0 Å².